The van der Waals surface area contributed by atoms with Crippen LogP contribution in [0.4, 0.5) is 4.39 Å². The summed E-state index contributed by atoms with van der Waals surface area (Å²) in [5.74, 6) is 0.193. The van der Waals surface area contributed by atoms with Crippen LogP contribution >= 0.6 is 11.6 Å². The molecule has 0 spiro atoms. The van der Waals surface area contributed by atoms with Gasteiger partial charge in [0.1, 0.15) is 17.3 Å². The zero-order valence-corrected chi connectivity index (χ0v) is 10.7. The minimum absolute atomic E-state index is 0.355. The molecule has 0 radical (unpaired) electrons. The van der Waals surface area contributed by atoms with Crippen molar-refractivity contribution in [3.05, 3.63) is 47.2 Å². The number of benzene rings is 2. The Hall–Kier alpha value is -2.07. The van der Waals surface area contributed by atoms with Crippen molar-refractivity contribution in [2.45, 2.75) is 0 Å². The highest BCUT2D eigenvalue weighted by atomic mass is 35.5. The summed E-state index contributed by atoms with van der Waals surface area (Å²) in [7, 11) is 1.53. The molecule has 0 aliphatic heterocycles. The Kier molecular flexibility index (Phi) is 2.87. The molecule has 96 valence electrons. The zero-order chi connectivity index (χ0) is 13.4. The van der Waals surface area contributed by atoms with E-state index in [0.29, 0.717) is 33.0 Å². The lowest BCUT2D eigenvalue weighted by molar-refractivity contribution is 0.412. The molecule has 0 aliphatic rings. The number of nitrogens with zero attached hydrogens (tertiary/aromatic N) is 1. The number of methoxy groups -OCH3 is 1. The minimum atomic E-state index is -0.371. The third-order valence-electron chi connectivity index (χ3n) is 2.86. The molecule has 5 heteroatoms. The van der Waals surface area contributed by atoms with Crippen molar-refractivity contribution in [2.24, 2.45) is 0 Å². The summed E-state index contributed by atoms with van der Waals surface area (Å²) in [4.78, 5) is 0. The number of halogens is 2. The Bertz CT molecular complexity index is 754. The van der Waals surface area contributed by atoms with Crippen LogP contribution in [0.15, 0.2) is 40.9 Å². The topological polar surface area (TPSA) is 35.3 Å². The average molecular weight is 278 g/mol. The van der Waals surface area contributed by atoms with Crippen LogP contribution < -0.4 is 4.74 Å². The average Bonchev–Trinajstić information content (AvgIpc) is 2.83. The highest BCUT2D eigenvalue weighted by molar-refractivity contribution is 6.36. The SMILES string of the molecule is COc1cc(Cl)c2c(-c3ccccc3F)noc2c1. The van der Waals surface area contributed by atoms with Crippen molar-refractivity contribution in [3.8, 4) is 17.0 Å². The molecule has 0 unspecified atom stereocenters. The fraction of sp³-hybridized carbons (Fsp3) is 0.0714. The quantitative estimate of drug-likeness (QED) is 0.701. The Morgan fingerprint density at radius 3 is 2.79 bits per heavy atom. The summed E-state index contributed by atoms with van der Waals surface area (Å²) in [5.41, 5.74) is 1.21. The maximum absolute atomic E-state index is 13.8. The highest BCUT2D eigenvalue weighted by Gasteiger charge is 2.17. The maximum Gasteiger partial charge on any atom is 0.172 e. The monoisotopic (exact) mass is 277 g/mol. The van der Waals surface area contributed by atoms with Crippen molar-refractivity contribution < 1.29 is 13.7 Å². The molecule has 0 saturated carbocycles. The molecule has 2 aromatic carbocycles. The first-order valence-corrected chi connectivity index (χ1v) is 5.96. The lowest BCUT2D eigenvalue weighted by Crippen LogP contribution is -1.85. The van der Waals surface area contributed by atoms with Crippen LogP contribution in [0.2, 0.25) is 5.02 Å². The van der Waals surface area contributed by atoms with E-state index in [1.54, 1.807) is 30.3 Å². The van der Waals surface area contributed by atoms with E-state index in [9.17, 15) is 4.39 Å². The summed E-state index contributed by atoms with van der Waals surface area (Å²) in [6.07, 6.45) is 0. The van der Waals surface area contributed by atoms with Crippen molar-refractivity contribution >= 4 is 22.6 Å². The number of fused-ring (bicyclic) bond motifs is 1. The van der Waals surface area contributed by atoms with E-state index in [-0.39, 0.29) is 5.82 Å². The van der Waals surface area contributed by atoms with Crippen LogP contribution in [0.5, 0.6) is 5.75 Å². The predicted octanol–water partition coefficient (Wildman–Crippen LogP) is 4.30. The minimum Gasteiger partial charge on any atom is -0.497 e. The van der Waals surface area contributed by atoms with Gasteiger partial charge in [-0.25, -0.2) is 4.39 Å². The third-order valence-corrected chi connectivity index (χ3v) is 3.16. The predicted molar refractivity (Wildman–Crippen MR) is 71.0 cm³/mol. The van der Waals surface area contributed by atoms with Gasteiger partial charge in [-0.05, 0) is 18.2 Å². The third kappa shape index (κ3) is 1.94. The van der Waals surface area contributed by atoms with E-state index in [1.807, 2.05) is 0 Å². The molecule has 0 fully saturated rings. The fourth-order valence-electron chi connectivity index (χ4n) is 1.96. The summed E-state index contributed by atoms with van der Waals surface area (Å²) in [5, 5.41) is 4.90. The van der Waals surface area contributed by atoms with Gasteiger partial charge >= 0.3 is 0 Å². The summed E-state index contributed by atoms with van der Waals surface area (Å²) >= 11 is 6.19. The van der Waals surface area contributed by atoms with Gasteiger partial charge in [-0.3, -0.25) is 0 Å². The van der Waals surface area contributed by atoms with E-state index < -0.39 is 0 Å². The largest absolute Gasteiger partial charge is 0.497 e. The molecule has 1 aromatic heterocycles. The van der Waals surface area contributed by atoms with Gasteiger partial charge in [0, 0.05) is 11.6 Å². The maximum atomic E-state index is 13.8. The summed E-state index contributed by atoms with van der Waals surface area (Å²) < 4.78 is 24.1. The van der Waals surface area contributed by atoms with Crippen LogP contribution in [0.25, 0.3) is 22.2 Å². The summed E-state index contributed by atoms with van der Waals surface area (Å²) in [6, 6.07) is 9.66. The molecule has 3 aromatic rings. The number of ether oxygens (including phenoxy) is 1. The van der Waals surface area contributed by atoms with Crippen LogP contribution in [0, 0.1) is 5.82 Å². The number of aromatic nitrogens is 1. The molecular weight excluding hydrogens is 269 g/mol. The van der Waals surface area contributed by atoms with Gasteiger partial charge < -0.3 is 9.26 Å². The molecule has 3 rings (SSSR count). The Balaban J connectivity index is 2.29. The van der Waals surface area contributed by atoms with E-state index in [2.05, 4.69) is 5.16 Å². The van der Waals surface area contributed by atoms with Gasteiger partial charge in [0.05, 0.1) is 17.5 Å². The first kappa shape index (κ1) is 12.0. The second-order valence-corrected chi connectivity index (χ2v) is 4.40. The molecule has 3 nitrogen and oxygen atoms in total. The van der Waals surface area contributed by atoms with Crippen LogP contribution in [0.3, 0.4) is 0 Å². The number of hydrogen-bond donors (Lipinski definition) is 0. The number of hydrogen-bond acceptors (Lipinski definition) is 3. The smallest absolute Gasteiger partial charge is 0.172 e. The van der Waals surface area contributed by atoms with Crippen molar-refractivity contribution in [3.63, 3.8) is 0 Å². The first-order valence-electron chi connectivity index (χ1n) is 5.58. The van der Waals surface area contributed by atoms with E-state index in [1.165, 1.54) is 13.2 Å². The Labute approximate surface area is 113 Å². The van der Waals surface area contributed by atoms with Crippen molar-refractivity contribution in [1.29, 1.82) is 0 Å². The fourth-order valence-corrected chi connectivity index (χ4v) is 2.25. The second kappa shape index (κ2) is 4.55. The van der Waals surface area contributed by atoms with Gasteiger partial charge in [-0.1, -0.05) is 28.9 Å². The van der Waals surface area contributed by atoms with E-state index in [4.69, 9.17) is 20.9 Å². The van der Waals surface area contributed by atoms with Gasteiger partial charge in [0.25, 0.3) is 0 Å². The molecule has 0 bridgehead atoms. The highest BCUT2D eigenvalue weighted by Crippen LogP contribution is 2.36. The van der Waals surface area contributed by atoms with Crippen LogP contribution in [-0.2, 0) is 0 Å². The first-order chi connectivity index (χ1) is 9.20. The molecule has 19 heavy (non-hydrogen) atoms. The lowest BCUT2D eigenvalue weighted by atomic mass is 10.1. The molecule has 0 N–H and O–H groups in total. The molecule has 1 heterocycles. The van der Waals surface area contributed by atoms with Crippen LogP contribution in [-0.4, -0.2) is 12.3 Å². The Morgan fingerprint density at radius 2 is 2.05 bits per heavy atom. The second-order valence-electron chi connectivity index (χ2n) is 3.99. The summed E-state index contributed by atoms with van der Waals surface area (Å²) in [6.45, 7) is 0. The van der Waals surface area contributed by atoms with Gasteiger partial charge in [-0.15, -0.1) is 0 Å². The molecule has 0 amide bonds. The number of rotatable bonds is 2. The molecule has 0 saturated heterocycles. The van der Waals surface area contributed by atoms with Crippen molar-refractivity contribution in [2.75, 3.05) is 7.11 Å². The standard InChI is InChI=1S/C14H9ClFNO2/c1-18-8-6-10(15)13-12(7-8)19-17-14(13)9-4-2-3-5-11(9)16/h2-7H,1H3. The molecular formula is C14H9ClFNO2. The van der Waals surface area contributed by atoms with Gasteiger partial charge in [0.15, 0.2) is 5.58 Å². The van der Waals surface area contributed by atoms with E-state index in [0.717, 1.165) is 0 Å². The van der Waals surface area contributed by atoms with Crippen molar-refractivity contribution in [1.82, 2.24) is 5.16 Å². The normalized spacial score (nSPS) is 10.9. The molecule has 0 atom stereocenters. The zero-order valence-electron chi connectivity index (χ0n) is 9.98. The van der Waals surface area contributed by atoms with Gasteiger partial charge in [-0.2, -0.15) is 0 Å². The van der Waals surface area contributed by atoms with Crippen LogP contribution in [0.1, 0.15) is 0 Å². The van der Waals surface area contributed by atoms with Gasteiger partial charge in [0.2, 0.25) is 0 Å². The Morgan fingerprint density at radius 1 is 1.26 bits per heavy atom. The molecule has 0 aliphatic carbocycles. The van der Waals surface area contributed by atoms with E-state index >= 15 is 0 Å². The lowest BCUT2D eigenvalue weighted by Gasteiger charge is -2.02.